The number of amides is 1. The average molecular weight is 256 g/mol. The molecule has 18 heavy (non-hydrogen) atoms. The van der Waals surface area contributed by atoms with Gasteiger partial charge in [-0.05, 0) is 14.1 Å². The highest BCUT2D eigenvalue weighted by atomic mass is 16.5. The lowest BCUT2D eigenvalue weighted by Crippen LogP contribution is -2.47. The van der Waals surface area contributed by atoms with Gasteiger partial charge in [0, 0.05) is 32.5 Å². The quantitative estimate of drug-likeness (QED) is 0.502. The van der Waals surface area contributed by atoms with Gasteiger partial charge >= 0.3 is 5.97 Å². The van der Waals surface area contributed by atoms with Gasteiger partial charge < -0.3 is 14.5 Å². The summed E-state index contributed by atoms with van der Waals surface area (Å²) in [5.41, 5.74) is 0. The summed E-state index contributed by atoms with van der Waals surface area (Å²) >= 11 is 0. The third-order valence-corrected chi connectivity index (χ3v) is 3.03. The number of carbonyl (C=O) groups is 3. The molecule has 1 fully saturated rings. The van der Waals surface area contributed by atoms with Gasteiger partial charge in [-0.2, -0.15) is 0 Å². The van der Waals surface area contributed by atoms with Crippen LogP contribution in [0.15, 0.2) is 0 Å². The molecule has 1 unspecified atom stereocenters. The van der Waals surface area contributed by atoms with Gasteiger partial charge in [0.1, 0.15) is 5.92 Å². The van der Waals surface area contributed by atoms with E-state index in [1.807, 2.05) is 19.0 Å². The van der Waals surface area contributed by atoms with Gasteiger partial charge in [-0.1, -0.05) is 0 Å². The van der Waals surface area contributed by atoms with Gasteiger partial charge in [-0.3, -0.25) is 14.4 Å². The normalized spacial score (nSPS) is 20.1. The molecule has 1 rings (SSSR count). The Kier molecular flexibility index (Phi) is 5.27. The van der Waals surface area contributed by atoms with Crippen molar-refractivity contribution in [2.45, 2.75) is 12.8 Å². The van der Waals surface area contributed by atoms with Crippen LogP contribution in [0.4, 0.5) is 0 Å². The molecule has 1 amide bonds. The molecule has 0 N–H and O–H groups in total. The molecule has 0 saturated carbocycles. The van der Waals surface area contributed by atoms with Crippen LogP contribution >= 0.6 is 0 Å². The van der Waals surface area contributed by atoms with Crippen molar-refractivity contribution in [1.29, 1.82) is 0 Å². The number of hydrogen-bond acceptors (Lipinski definition) is 5. The van der Waals surface area contributed by atoms with Gasteiger partial charge in [0.15, 0.2) is 5.78 Å². The molecule has 1 aliphatic rings. The molecule has 1 atom stereocenters. The highest BCUT2D eigenvalue weighted by Gasteiger charge is 2.35. The number of likely N-dealkylation sites (tertiary alicyclic amines) is 1. The first-order valence-electron chi connectivity index (χ1n) is 5.98. The fourth-order valence-corrected chi connectivity index (χ4v) is 1.88. The Labute approximate surface area is 107 Å². The van der Waals surface area contributed by atoms with Crippen LogP contribution in [0.3, 0.4) is 0 Å². The lowest BCUT2D eigenvalue weighted by atomic mass is 9.96. The van der Waals surface area contributed by atoms with E-state index >= 15 is 0 Å². The summed E-state index contributed by atoms with van der Waals surface area (Å²) in [5.74, 6) is -1.53. The summed E-state index contributed by atoms with van der Waals surface area (Å²) in [6.45, 7) is 1.21. The van der Waals surface area contributed by atoms with Crippen LogP contribution in [-0.2, 0) is 19.1 Å². The summed E-state index contributed by atoms with van der Waals surface area (Å²) in [7, 11) is 5.04. The Bertz CT molecular complexity index is 333. The first-order valence-corrected chi connectivity index (χ1v) is 5.98. The van der Waals surface area contributed by atoms with Crippen LogP contribution in [0.25, 0.3) is 0 Å². The number of hydrogen-bond donors (Lipinski definition) is 0. The van der Waals surface area contributed by atoms with E-state index in [9.17, 15) is 14.4 Å². The second kappa shape index (κ2) is 6.49. The Morgan fingerprint density at radius 1 is 1.44 bits per heavy atom. The maximum Gasteiger partial charge on any atom is 0.318 e. The number of ketones is 1. The largest absolute Gasteiger partial charge is 0.468 e. The zero-order valence-corrected chi connectivity index (χ0v) is 11.1. The van der Waals surface area contributed by atoms with E-state index in [0.29, 0.717) is 19.5 Å². The molecule has 0 aromatic heterocycles. The number of rotatable bonds is 4. The van der Waals surface area contributed by atoms with E-state index in [2.05, 4.69) is 4.74 Å². The van der Waals surface area contributed by atoms with Crippen molar-refractivity contribution in [1.82, 2.24) is 9.80 Å². The van der Waals surface area contributed by atoms with Crippen LogP contribution < -0.4 is 0 Å². The number of nitrogens with zero attached hydrogens (tertiary/aromatic N) is 2. The minimum absolute atomic E-state index is 0.0231. The molecule has 102 valence electrons. The van der Waals surface area contributed by atoms with Crippen molar-refractivity contribution < 1.29 is 19.1 Å². The third kappa shape index (κ3) is 3.80. The molecule has 0 aromatic rings. The zero-order valence-electron chi connectivity index (χ0n) is 11.1. The van der Waals surface area contributed by atoms with Crippen molar-refractivity contribution >= 4 is 17.7 Å². The number of methoxy groups -OCH3 is 1. The molecule has 0 aromatic carbocycles. The molecule has 0 spiro atoms. The highest BCUT2D eigenvalue weighted by molar-refractivity contribution is 6.00. The Morgan fingerprint density at radius 2 is 2.11 bits per heavy atom. The summed E-state index contributed by atoms with van der Waals surface area (Å²) in [5, 5.41) is 0. The number of Topliss-reactive ketones (excluding diaryl/α,β-unsaturated/α-hetero) is 1. The summed E-state index contributed by atoms with van der Waals surface area (Å²) in [4.78, 5) is 38.4. The first kappa shape index (κ1) is 14.6. The summed E-state index contributed by atoms with van der Waals surface area (Å²) in [6.07, 6.45) is 0.628. The van der Waals surface area contributed by atoms with Gasteiger partial charge in [-0.15, -0.1) is 0 Å². The average Bonchev–Trinajstić information content (AvgIpc) is 2.35. The summed E-state index contributed by atoms with van der Waals surface area (Å²) < 4.78 is 4.58. The lowest BCUT2D eigenvalue weighted by Gasteiger charge is -2.30. The fraction of sp³-hybridized carbons (Fsp3) is 0.750. The number of carbonyl (C=O) groups excluding carboxylic acids is 3. The maximum atomic E-state index is 11.9. The van der Waals surface area contributed by atoms with E-state index < -0.39 is 11.9 Å². The topological polar surface area (TPSA) is 66.9 Å². The Morgan fingerprint density at radius 3 is 2.67 bits per heavy atom. The van der Waals surface area contributed by atoms with Gasteiger partial charge in [0.25, 0.3) is 0 Å². The monoisotopic (exact) mass is 256 g/mol. The van der Waals surface area contributed by atoms with E-state index in [0.717, 1.165) is 0 Å². The minimum atomic E-state index is -0.813. The van der Waals surface area contributed by atoms with E-state index in [1.54, 1.807) is 4.90 Å². The minimum Gasteiger partial charge on any atom is -0.468 e. The van der Waals surface area contributed by atoms with Crippen molar-refractivity contribution in [3.8, 4) is 0 Å². The van der Waals surface area contributed by atoms with Crippen LogP contribution in [-0.4, -0.2) is 68.3 Å². The molecular formula is C12H20N2O4. The number of piperidine rings is 1. The number of ether oxygens (including phenoxy) is 1. The van der Waals surface area contributed by atoms with E-state index in [-0.39, 0.29) is 24.7 Å². The zero-order chi connectivity index (χ0) is 13.7. The Balaban J connectivity index is 2.56. The molecule has 1 heterocycles. The molecule has 0 aliphatic carbocycles. The first-order chi connectivity index (χ1) is 8.45. The van der Waals surface area contributed by atoms with Gasteiger partial charge in [0.2, 0.25) is 5.91 Å². The van der Waals surface area contributed by atoms with Crippen LogP contribution in [0.5, 0.6) is 0 Å². The molecular weight excluding hydrogens is 236 g/mol. The SMILES string of the molecule is COC(=O)C1CN(C(=O)CCN(C)C)CCC1=O. The van der Waals surface area contributed by atoms with E-state index in [1.165, 1.54) is 7.11 Å². The van der Waals surface area contributed by atoms with Crippen LogP contribution in [0.1, 0.15) is 12.8 Å². The maximum absolute atomic E-state index is 11.9. The molecule has 1 saturated heterocycles. The predicted molar refractivity (Wildman–Crippen MR) is 64.9 cm³/mol. The second-order valence-electron chi connectivity index (χ2n) is 4.69. The number of esters is 1. The predicted octanol–water partition coefficient (Wildman–Crippen LogP) is -0.471. The summed E-state index contributed by atoms with van der Waals surface area (Å²) in [6, 6.07) is 0. The van der Waals surface area contributed by atoms with Crippen molar-refractivity contribution in [2.24, 2.45) is 5.92 Å². The van der Waals surface area contributed by atoms with Crippen molar-refractivity contribution in [2.75, 3.05) is 40.8 Å². The van der Waals surface area contributed by atoms with Gasteiger partial charge in [-0.25, -0.2) is 0 Å². The molecule has 6 nitrogen and oxygen atoms in total. The second-order valence-corrected chi connectivity index (χ2v) is 4.69. The highest BCUT2D eigenvalue weighted by Crippen LogP contribution is 2.15. The third-order valence-electron chi connectivity index (χ3n) is 3.03. The molecule has 0 radical (unpaired) electrons. The molecule has 1 aliphatic heterocycles. The van der Waals surface area contributed by atoms with Gasteiger partial charge in [0.05, 0.1) is 7.11 Å². The van der Waals surface area contributed by atoms with E-state index in [4.69, 9.17) is 0 Å². The fourth-order valence-electron chi connectivity index (χ4n) is 1.88. The lowest BCUT2D eigenvalue weighted by molar-refractivity contribution is -0.153. The standard InChI is InChI=1S/C12H20N2O4/c1-13(2)6-5-11(16)14-7-4-10(15)9(8-14)12(17)18-3/h9H,4-8H2,1-3H3. The van der Waals surface area contributed by atoms with Crippen molar-refractivity contribution in [3.63, 3.8) is 0 Å². The Hall–Kier alpha value is -1.43. The van der Waals surface area contributed by atoms with Crippen LogP contribution in [0.2, 0.25) is 0 Å². The van der Waals surface area contributed by atoms with Crippen LogP contribution in [0, 0.1) is 5.92 Å². The smallest absolute Gasteiger partial charge is 0.318 e. The van der Waals surface area contributed by atoms with Crippen molar-refractivity contribution in [3.05, 3.63) is 0 Å². The molecule has 0 bridgehead atoms. The molecule has 6 heteroatoms.